The Balaban J connectivity index is 1.61. The van der Waals surface area contributed by atoms with Crippen LogP contribution in [-0.2, 0) is 11.2 Å². The molecule has 0 aliphatic heterocycles. The first-order chi connectivity index (χ1) is 16.6. The van der Waals surface area contributed by atoms with E-state index in [1.54, 1.807) is 11.3 Å². The van der Waals surface area contributed by atoms with Gasteiger partial charge in [-0.2, -0.15) is 5.26 Å². The summed E-state index contributed by atoms with van der Waals surface area (Å²) in [6, 6.07) is 14.0. The van der Waals surface area contributed by atoms with Crippen LogP contribution in [0.4, 0.5) is 4.79 Å². The lowest BCUT2D eigenvalue weighted by Gasteiger charge is -2.29. The minimum Gasteiger partial charge on any atom is -0.490 e. The Morgan fingerprint density at radius 2 is 2.06 bits per heavy atom. The van der Waals surface area contributed by atoms with Crippen molar-refractivity contribution in [3.8, 4) is 32.8 Å². The third-order valence-corrected chi connectivity index (χ3v) is 6.76. The number of benzene rings is 2. The lowest BCUT2D eigenvalue weighted by atomic mass is 9.84. The second-order valence-corrected chi connectivity index (χ2v) is 11.0. The van der Waals surface area contributed by atoms with E-state index in [1.165, 1.54) is 5.56 Å². The normalized spacial score (nSPS) is 15.3. The standard InChI is InChI=1S/C28H31N3O3S/c1-17(2)33-24-13-12-18(14-19(24)15-29)26-30-16-25(35-26)22-10-6-9-21-20(22)8-7-11-23(21)31-27(32)34-28(3,4)5/h6,9-10,12-14,16-17,23H,7-8,11H2,1-5H3,(H,31,32). The van der Waals surface area contributed by atoms with Gasteiger partial charge in [0.1, 0.15) is 22.4 Å². The summed E-state index contributed by atoms with van der Waals surface area (Å²) in [5.74, 6) is 0.587. The van der Waals surface area contributed by atoms with Crippen molar-refractivity contribution in [3.63, 3.8) is 0 Å². The first-order valence-electron chi connectivity index (χ1n) is 11.9. The number of alkyl carbamates (subject to hydrolysis) is 1. The number of nitrogens with zero attached hydrogens (tertiary/aromatic N) is 2. The minimum atomic E-state index is -0.535. The van der Waals surface area contributed by atoms with Crippen LogP contribution in [0.2, 0.25) is 0 Å². The van der Waals surface area contributed by atoms with Crippen molar-refractivity contribution in [2.24, 2.45) is 0 Å². The van der Waals surface area contributed by atoms with E-state index in [-0.39, 0.29) is 18.2 Å². The van der Waals surface area contributed by atoms with Gasteiger partial charge in [0.25, 0.3) is 0 Å². The van der Waals surface area contributed by atoms with Gasteiger partial charge >= 0.3 is 6.09 Å². The lowest BCUT2D eigenvalue weighted by molar-refractivity contribution is 0.0498. The molecule has 0 bridgehead atoms. The summed E-state index contributed by atoms with van der Waals surface area (Å²) in [5.41, 5.74) is 4.38. The van der Waals surface area contributed by atoms with E-state index in [0.717, 1.165) is 45.8 Å². The second-order valence-electron chi connectivity index (χ2n) is 9.98. The van der Waals surface area contributed by atoms with Crippen LogP contribution >= 0.6 is 11.3 Å². The third-order valence-electron chi connectivity index (χ3n) is 5.68. The molecule has 2 aromatic carbocycles. The van der Waals surface area contributed by atoms with E-state index < -0.39 is 5.60 Å². The number of fused-ring (bicyclic) bond motifs is 1. The number of thiazole rings is 1. The molecular weight excluding hydrogens is 458 g/mol. The van der Waals surface area contributed by atoms with Gasteiger partial charge in [-0.3, -0.25) is 0 Å². The number of hydrogen-bond donors (Lipinski definition) is 1. The predicted octanol–water partition coefficient (Wildman–Crippen LogP) is 7.04. The highest BCUT2D eigenvalue weighted by atomic mass is 32.1. The molecule has 1 N–H and O–H groups in total. The fourth-order valence-corrected chi connectivity index (χ4v) is 5.28. The highest BCUT2D eigenvalue weighted by molar-refractivity contribution is 7.18. The number of aromatic nitrogens is 1. The molecule has 1 amide bonds. The van der Waals surface area contributed by atoms with E-state index in [1.807, 2.05) is 65.1 Å². The van der Waals surface area contributed by atoms with E-state index in [2.05, 4.69) is 28.5 Å². The van der Waals surface area contributed by atoms with Gasteiger partial charge < -0.3 is 14.8 Å². The third kappa shape index (κ3) is 5.83. The maximum atomic E-state index is 12.4. The summed E-state index contributed by atoms with van der Waals surface area (Å²) in [7, 11) is 0. The van der Waals surface area contributed by atoms with Crippen LogP contribution in [0.1, 0.15) is 70.2 Å². The van der Waals surface area contributed by atoms with Crippen LogP contribution in [-0.4, -0.2) is 22.8 Å². The molecule has 0 radical (unpaired) electrons. The maximum absolute atomic E-state index is 12.4. The number of nitrogens with one attached hydrogen (secondary N) is 1. The van der Waals surface area contributed by atoms with E-state index in [0.29, 0.717) is 11.3 Å². The zero-order valence-electron chi connectivity index (χ0n) is 20.8. The number of carbonyl (C=O) groups is 1. The number of nitriles is 1. The topological polar surface area (TPSA) is 84.2 Å². The van der Waals surface area contributed by atoms with Crippen molar-refractivity contribution in [3.05, 3.63) is 59.3 Å². The average molecular weight is 490 g/mol. The quantitative estimate of drug-likeness (QED) is 0.415. The Morgan fingerprint density at radius 3 is 2.77 bits per heavy atom. The number of ether oxygens (including phenoxy) is 2. The van der Waals surface area contributed by atoms with Gasteiger partial charge in [0, 0.05) is 11.8 Å². The van der Waals surface area contributed by atoms with Gasteiger partial charge in [0.05, 0.1) is 22.6 Å². The highest BCUT2D eigenvalue weighted by Gasteiger charge is 2.26. The molecule has 6 nitrogen and oxygen atoms in total. The predicted molar refractivity (Wildman–Crippen MR) is 139 cm³/mol. The summed E-state index contributed by atoms with van der Waals surface area (Å²) in [5, 5.41) is 13.5. The molecular formula is C28H31N3O3S. The van der Waals surface area contributed by atoms with Crippen LogP contribution < -0.4 is 10.1 Å². The number of amides is 1. The Labute approximate surface area is 210 Å². The van der Waals surface area contributed by atoms with Crippen LogP contribution in [0.5, 0.6) is 5.75 Å². The van der Waals surface area contributed by atoms with Crippen LogP contribution in [0, 0.1) is 11.3 Å². The number of carbonyl (C=O) groups excluding carboxylic acids is 1. The summed E-state index contributed by atoms with van der Waals surface area (Å²) in [4.78, 5) is 18.1. The minimum absolute atomic E-state index is 0.00249. The van der Waals surface area contributed by atoms with Crippen molar-refractivity contribution in [1.29, 1.82) is 5.26 Å². The molecule has 4 rings (SSSR count). The van der Waals surface area contributed by atoms with Crippen molar-refractivity contribution in [2.75, 3.05) is 0 Å². The molecule has 0 saturated carbocycles. The molecule has 182 valence electrons. The van der Waals surface area contributed by atoms with Crippen molar-refractivity contribution >= 4 is 17.4 Å². The summed E-state index contributed by atoms with van der Waals surface area (Å²) >= 11 is 1.60. The fourth-order valence-electron chi connectivity index (χ4n) is 4.32. The van der Waals surface area contributed by atoms with Gasteiger partial charge in [-0.15, -0.1) is 11.3 Å². The average Bonchev–Trinajstić information content (AvgIpc) is 3.27. The Kier molecular flexibility index (Phi) is 7.13. The van der Waals surface area contributed by atoms with Crippen molar-refractivity contribution in [2.45, 2.75) is 71.6 Å². The molecule has 1 aliphatic rings. The van der Waals surface area contributed by atoms with Crippen LogP contribution in [0.15, 0.2) is 42.6 Å². The number of hydrogen-bond acceptors (Lipinski definition) is 6. The molecule has 1 aromatic heterocycles. The highest BCUT2D eigenvalue weighted by Crippen LogP contribution is 2.40. The fraction of sp³-hybridized carbons (Fsp3) is 0.393. The van der Waals surface area contributed by atoms with Gasteiger partial charge in [0.2, 0.25) is 0 Å². The molecule has 1 atom stereocenters. The van der Waals surface area contributed by atoms with Gasteiger partial charge in [0.15, 0.2) is 0 Å². The molecule has 1 heterocycles. The Bertz CT molecular complexity index is 1270. The van der Waals surface area contributed by atoms with E-state index in [9.17, 15) is 10.1 Å². The Morgan fingerprint density at radius 1 is 1.26 bits per heavy atom. The van der Waals surface area contributed by atoms with Crippen molar-refractivity contribution < 1.29 is 14.3 Å². The molecule has 3 aromatic rings. The molecule has 35 heavy (non-hydrogen) atoms. The van der Waals surface area contributed by atoms with Crippen molar-refractivity contribution in [1.82, 2.24) is 10.3 Å². The van der Waals surface area contributed by atoms with Gasteiger partial charge in [-0.05, 0) is 88.8 Å². The van der Waals surface area contributed by atoms with Crippen LogP contribution in [0.25, 0.3) is 21.0 Å². The molecule has 0 saturated heterocycles. The first-order valence-corrected chi connectivity index (χ1v) is 12.7. The molecule has 0 fully saturated rings. The molecule has 0 spiro atoms. The molecule has 1 unspecified atom stereocenters. The first kappa shape index (κ1) is 24.7. The number of rotatable bonds is 5. The summed E-state index contributed by atoms with van der Waals surface area (Å²) in [6.07, 6.45) is 4.32. The molecule has 7 heteroatoms. The van der Waals surface area contributed by atoms with Gasteiger partial charge in [-0.1, -0.05) is 18.2 Å². The van der Waals surface area contributed by atoms with E-state index >= 15 is 0 Å². The Hall–Kier alpha value is -3.37. The lowest BCUT2D eigenvalue weighted by Crippen LogP contribution is -2.36. The smallest absolute Gasteiger partial charge is 0.408 e. The molecule has 1 aliphatic carbocycles. The van der Waals surface area contributed by atoms with E-state index in [4.69, 9.17) is 9.47 Å². The summed E-state index contributed by atoms with van der Waals surface area (Å²) in [6.45, 7) is 9.48. The zero-order chi connectivity index (χ0) is 25.2. The van der Waals surface area contributed by atoms with Crippen LogP contribution in [0.3, 0.4) is 0 Å². The maximum Gasteiger partial charge on any atom is 0.408 e. The SMILES string of the molecule is CC(C)Oc1ccc(-c2ncc(-c3cccc4c3CCCC4NC(=O)OC(C)(C)C)s2)cc1C#N. The largest absolute Gasteiger partial charge is 0.490 e. The van der Waals surface area contributed by atoms with Gasteiger partial charge in [-0.25, -0.2) is 9.78 Å². The zero-order valence-corrected chi connectivity index (χ0v) is 21.7. The monoisotopic (exact) mass is 489 g/mol. The summed E-state index contributed by atoms with van der Waals surface area (Å²) < 4.78 is 11.2. The second kappa shape index (κ2) is 10.1.